The van der Waals surface area contributed by atoms with Crippen molar-refractivity contribution in [3.63, 3.8) is 0 Å². The molecular weight excluding hydrogens is 304 g/mol. The van der Waals surface area contributed by atoms with Gasteiger partial charge in [0.15, 0.2) is 11.4 Å². The number of benzene rings is 1. The van der Waals surface area contributed by atoms with Crippen molar-refractivity contribution in [1.29, 1.82) is 0 Å². The maximum absolute atomic E-state index is 12.4. The van der Waals surface area contributed by atoms with E-state index < -0.39 is 5.91 Å². The summed E-state index contributed by atoms with van der Waals surface area (Å²) in [5.41, 5.74) is 8.69. The predicted octanol–water partition coefficient (Wildman–Crippen LogP) is 2.95. The number of hydrogen-bond acceptors (Lipinski definition) is 4. The lowest BCUT2D eigenvalue weighted by Crippen LogP contribution is -2.10. The van der Waals surface area contributed by atoms with Crippen molar-refractivity contribution in [2.75, 3.05) is 0 Å². The number of nitrogens with two attached hydrogens (primary N) is 1. The van der Waals surface area contributed by atoms with Gasteiger partial charge in [0.25, 0.3) is 0 Å². The molecule has 0 unspecified atom stereocenters. The normalized spacial score (nSPS) is 11.1. The molecule has 0 saturated carbocycles. The zero-order valence-electron chi connectivity index (χ0n) is 13.5. The highest BCUT2D eigenvalue weighted by molar-refractivity contribution is 6.06. The highest BCUT2D eigenvalue weighted by atomic mass is 16.1. The van der Waals surface area contributed by atoms with Gasteiger partial charge in [0.2, 0.25) is 5.91 Å². The Morgan fingerprint density at radius 1 is 1.29 bits per heavy atom. The van der Waals surface area contributed by atoms with Gasteiger partial charge in [-0.05, 0) is 18.1 Å². The summed E-state index contributed by atoms with van der Waals surface area (Å²) in [5.74, 6) is -0.195. The lowest BCUT2D eigenvalue weighted by molar-refractivity contribution is 0.0967. The maximum Gasteiger partial charge on any atom is 0.248 e. The van der Waals surface area contributed by atoms with Crippen LogP contribution in [0.4, 0.5) is 0 Å². The highest BCUT2D eigenvalue weighted by Gasteiger charge is 2.16. The third-order valence-electron chi connectivity index (χ3n) is 3.72. The maximum atomic E-state index is 12.4. The molecule has 3 aromatic rings. The van der Waals surface area contributed by atoms with Gasteiger partial charge in [-0.25, -0.2) is 9.97 Å². The molecule has 0 aliphatic rings. The van der Waals surface area contributed by atoms with E-state index in [1.165, 1.54) is 0 Å². The van der Waals surface area contributed by atoms with Crippen molar-refractivity contribution in [3.8, 4) is 11.3 Å². The number of primary amides is 1. The average Bonchev–Trinajstić information content (AvgIpc) is 2.97. The summed E-state index contributed by atoms with van der Waals surface area (Å²) in [4.78, 5) is 35.6. The first-order valence-corrected chi connectivity index (χ1v) is 7.73. The van der Waals surface area contributed by atoms with Crippen molar-refractivity contribution in [3.05, 3.63) is 47.8 Å². The molecule has 6 heteroatoms. The van der Waals surface area contributed by atoms with Gasteiger partial charge in [-0.1, -0.05) is 26.0 Å². The molecule has 3 N–H and O–H groups in total. The van der Waals surface area contributed by atoms with E-state index in [1.807, 2.05) is 19.9 Å². The van der Waals surface area contributed by atoms with E-state index in [-0.39, 0.29) is 11.7 Å². The SMILES string of the molecule is CC(C)CC(=O)c1c[nH]c2ncc(-c3cccc(C(N)=O)c3)nc12. The second-order valence-electron chi connectivity index (χ2n) is 6.12. The molecular formula is C18H18N4O2. The summed E-state index contributed by atoms with van der Waals surface area (Å²) in [5, 5.41) is 0. The first-order valence-electron chi connectivity index (χ1n) is 7.73. The van der Waals surface area contributed by atoms with E-state index >= 15 is 0 Å². The number of carbonyl (C=O) groups excluding carboxylic acids is 2. The molecule has 0 atom stereocenters. The third kappa shape index (κ3) is 3.03. The first kappa shape index (κ1) is 15.9. The van der Waals surface area contributed by atoms with Crippen LogP contribution in [-0.2, 0) is 0 Å². The van der Waals surface area contributed by atoms with E-state index in [9.17, 15) is 9.59 Å². The van der Waals surface area contributed by atoms with Crippen LogP contribution in [0.3, 0.4) is 0 Å². The molecule has 2 aromatic heterocycles. The van der Waals surface area contributed by atoms with Crippen LogP contribution in [0.25, 0.3) is 22.4 Å². The number of ketones is 1. The van der Waals surface area contributed by atoms with Gasteiger partial charge in [0, 0.05) is 23.7 Å². The van der Waals surface area contributed by atoms with Crippen LogP contribution in [0.1, 0.15) is 41.0 Å². The molecule has 0 spiro atoms. The Morgan fingerprint density at radius 2 is 2.08 bits per heavy atom. The minimum Gasteiger partial charge on any atom is -0.366 e. The molecule has 6 nitrogen and oxygen atoms in total. The van der Waals surface area contributed by atoms with Crippen LogP contribution in [0.5, 0.6) is 0 Å². The van der Waals surface area contributed by atoms with Crippen molar-refractivity contribution >= 4 is 22.9 Å². The van der Waals surface area contributed by atoms with Crippen molar-refractivity contribution < 1.29 is 9.59 Å². The number of carbonyl (C=O) groups is 2. The third-order valence-corrected chi connectivity index (χ3v) is 3.72. The van der Waals surface area contributed by atoms with Gasteiger partial charge in [-0.15, -0.1) is 0 Å². The predicted molar refractivity (Wildman–Crippen MR) is 91.6 cm³/mol. The Kier molecular flexibility index (Phi) is 4.12. The molecule has 24 heavy (non-hydrogen) atoms. The summed E-state index contributed by atoms with van der Waals surface area (Å²) in [6.07, 6.45) is 3.71. The Balaban J connectivity index is 2.06. The molecule has 3 rings (SSSR count). The number of amides is 1. The molecule has 1 amide bonds. The minimum atomic E-state index is -0.500. The standard InChI is InChI=1S/C18H18N4O2/c1-10(2)6-15(23)13-8-20-18-16(13)22-14(9-21-18)11-4-3-5-12(7-11)17(19)24/h3-5,7-10H,6H2,1-2H3,(H2,19,24)(H,20,21). The Hall–Kier alpha value is -3.02. The monoisotopic (exact) mass is 322 g/mol. The summed E-state index contributed by atoms with van der Waals surface area (Å²) in [6.45, 7) is 4.00. The molecule has 0 bridgehead atoms. The Bertz CT molecular complexity index is 928. The van der Waals surface area contributed by atoms with Crippen LogP contribution < -0.4 is 5.73 Å². The molecule has 122 valence electrons. The lowest BCUT2D eigenvalue weighted by atomic mass is 10.0. The van der Waals surface area contributed by atoms with Crippen LogP contribution in [0, 0.1) is 5.92 Å². The van der Waals surface area contributed by atoms with Crippen molar-refractivity contribution in [2.24, 2.45) is 11.7 Å². The molecule has 0 radical (unpaired) electrons. The van der Waals surface area contributed by atoms with Gasteiger partial charge in [0.1, 0.15) is 5.52 Å². The average molecular weight is 322 g/mol. The topological polar surface area (TPSA) is 102 Å². The number of hydrogen-bond donors (Lipinski definition) is 2. The Labute approximate surface area is 139 Å². The number of rotatable bonds is 5. The first-order chi connectivity index (χ1) is 11.5. The zero-order valence-corrected chi connectivity index (χ0v) is 13.5. The molecule has 0 saturated heterocycles. The van der Waals surface area contributed by atoms with Gasteiger partial charge in [-0.3, -0.25) is 9.59 Å². The fraction of sp³-hybridized carbons (Fsp3) is 0.222. The van der Waals surface area contributed by atoms with E-state index in [0.29, 0.717) is 34.4 Å². The Morgan fingerprint density at radius 3 is 2.79 bits per heavy atom. The number of nitrogens with one attached hydrogen (secondary N) is 1. The van der Waals surface area contributed by atoms with E-state index in [1.54, 1.807) is 30.6 Å². The van der Waals surface area contributed by atoms with Crippen LogP contribution in [-0.4, -0.2) is 26.6 Å². The number of aromatic nitrogens is 3. The van der Waals surface area contributed by atoms with Crippen molar-refractivity contribution in [1.82, 2.24) is 15.0 Å². The number of H-pyrrole nitrogens is 1. The molecule has 0 fully saturated rings. The van der Waals surface area contributed by atoms with Gasteiger partial charge in [0.05, 0.1) is 17.5 Å². The zero-order chi connectivity index (χ0) is 17.3. The second kappa shape index (κ2) is 6.23. The van der Waals surface area contributed by atoms with E-state index in [2.05, 4.69) is 15.0 Å². The van der Waals surface area contributed by atoms with Gasteiger partial charge in [-0.2, -0.15) is 0 Å². The van der Waals surface area contributed by atoms with Gasteiger partial charge >= 0.3 is 0 Å². The quantitative estimate of drug-likeness (QED) is 0.705. The summed E-state index contributed by atoms with van der Waals surface area (Å²) in [6, 6.07) is 6.87. The number of nitrogens with zero attached hydrogens (tertiary/aromatic N) is 2. The number of Topliss-reactive ketones (excluding diaryl/α,β-unsaturated/α-hetero) is 1. The van der Waals surface area contributed by atoms with E-state index in [4.69, 9.17) is 5.73 Å². The highest BCUT2D eigenvalue weighted by Crippen LogP contribution is 2.23. The fourth-order valence-electron chi connectivity index (χ4n) is 2.56. The fourth-order valence-corrected chi connectivity index (χ4v) is 2.56. The van der Waals surface area contributed by atoms with Crippen LogP contribution in [0.15, 0.2) is 36.7 Å². The smallest absolute Gasteiger partial charge is 0.248 e. The summed E-state index contributed by atoms with van der Waals surface area (Å²) >= 11 is 0. The molecule has 2 heterocycles. The number of aromatic amines is 1. The molecule has 1 aromatic carbocycles. The number of fused-ring (bicyclic) bond motifs is 1. The lowest BCUT2D eigenvalue weighted by Gasteiger charge is -2.04. The minimum absolute atomic E-state index is 0.0357. The largest absolute Gasteiger partial charge is 0.366 e. The molecule has 0 aliphatic carbocycles. The van der Waals surface area contributed by atoms with Crippen LogP contribution in [0.2, 0.25) is 0 Å². The van der Waals surface area contributed by atoms with Gasteiger partial charge < -0.3 is 10.7 Å². The second-order valence-corrected chi connectivity index (χ2v) is 6.12. The molecule has 0 aliphatic heterocycles. The van der Waals surface area contributed by atoms with E-state index in [0.717, 1.165) is 5.56 Å². The summed E-state index contributed by atoms with van der Waals surface area (Å²) in [7, 11) is 0. The summed E-state index contributed by atoms with van der Waals surface area (Å²) < 4.78 is 0. The van der Waals surface area contributed by atoms with Crippen LogP contribution >= 0.6 is 0 Å². The van der Waals surface area contributed by atoms with Crippen molar-refractivity contribution in [2.45, 2.75) is 20.3 Å².